The van der Waals surface area contributed by atoms with Crippen LogP contribution in [0.4, 0.5) is 0 Å². The zero-order valence-electron chi connectivity index (χ0n) is 12.1. The van der Waals surface area contributed by atoms with Crippen LogP contribution in [0.1, 0.15) is 26.3 Å². The van der Waals surface area contributed by atoms with E-state index in [2.05, 4.69) is 4.98 Å². The molecule has 0 N–H and O–H groups in total. The highest BCUT2D eigenvalue weighted by atomic mass is 16.7. The van der Waals surface area contributed by atoms with Gasteiger partial charge < -0.3 is 0 Å². The first-order valence-electron chi connectivity index (χ1n) is 7.18. The second kappa shape index (κ2) is 5.30. The quantitative estimate of drug-likeness (QED) is 0.698. The van der Waals surface area contributed by atoms with Crippen molar-refractivity contribution in [3.63, 3.8) is 0 Å². The van der Waals surface area contributed by atoms with Crippen LogP contribution >= 0.6 is 0 Å². The predicted molar refractivity (Wildman–Crippen MR) is 83.5 cm³/mol. The van der Waals surface area contributed by atoms with Crippen molar-refractivity contribution in [2.24, 2.45) is 0 Å². The summed E-state index contributed by atoms with van der Waals surface area (Å²) in [5.74, 6) is -0.862. The largest absolute Gasteiger partial charge is 0.285 e. The van der Waals surface area contributed by atoms with Crippen molar-refractivity contribution >= 4 is 22.7 Å². The maximum Gasteiger partial charge on any atom is 0.285 e. The number of amides is 2. The van der Waals surface area contributed by atoms with E-state index in [4.69, 9.17) is 4.84 Å². The fraction of sp³-hybridized carbons (Fsp3) is 0.0556. The Hall–Kier alpha value is -3.05. The Bertz CT molecular complexity index is 901. The van der Waals surface area contributed by atoms with E-state index in [0.717, 1.165) is 21.5 Å². The molecule has 0 fully saturated rings. The zero-order valence-corrected chi connectivity index (χ0v) is 12.1. The molecule has 5 nitrogen and oxygen atoms in total. The minimum atomic E-state index is -0.431. The Labute approximate surface area is 132 Å². The summed E-state index contributed by atoms with van der Waals surface area (Å²) >= 11 is 0. The maximum absolute atomic E-state index is 12.2. The number of carbonyl (C=O) groups is 2. The third kappa shape index (κ3) is 2.27. The number of imide groups is 1. The Morgan fingerprint density at radius 3 is 2.30 bits per heavy atom. The minimum absolute atomic E-state index is 0.100. The first-order chi connectivity index (χ1) is 11.2. The highest BCUT2D eigenvalue weighted by molar-refractivity contribution is 6.20. The molecular formula is C18H12N2O3. The van der Waals surface area contributed by atoms with Crippen LogP contribution < -0.4 is 0 Å². The van der Waals surface area contributed by atoms with Gasteiger partial charge in [0.15, 0.2) is 0 Å². The number of hydrogen-bond acceptors (Lipinski definition) is 4. The third-order valence-corrected chi connectivity index (χ3v) is 3.76. The molecule has 1 aliphatic heterocycles. The van der Waals surface area contributed by atoms with Crippen LogP contribution in [0.25, 0.3) is 10.9 Å². The molecule has 23 heavy (non-hydrogen) atoms. The van der Waals surface area contributed by atoms with Gasteiger partial charge in [0.05, 0.1) is 16.6 Å². The lowest BCUT2D eigenvalue weighted by Crippen LogP contribution is -2.29. The second-order valence-corrected chi connectivity index (χ2v) is 5.26. The summed E-state index contributed by atoms with van der Waals surface area (Å²) in [6, 6.07) is 16.3. The predicted octanol–water partition coefficient (Wildman–Crippen LogP) is 2.96. The Kier molecular flexibility index (Phi) is 3.13. The van der Waals surface area contributed by atoms with Crippen molar-refractivity contribution in [2.45, 2.75) is 6.61 Å². The smallest absolute Gasteiger partial charge is 0.266 e. The van der Waals surface area contributed by atoms with Crippen LogP contribution in [0.15, 0.2) is 60.8 Å². The number of rotatable bonds is 3. The summed E-state index contributed by atoms with van der Waals surface area (Å²) in [6.07, 6.45) is 1.68. The van der Waals surface area contributed by atoms with Crippen molar-refractivity contribution in [3.05, 3.63) is 77.5 Å². The Balaban J connectivity index is 1.55. The fourth-order valence-electron chi connectivity index (χ4n) is 2.62. The molecule has 3 aromatic rings. The summed E-state index contributed by atoms with van der Waals surface area (Å²) in [4.78, 5) is 34.2. The average molecular weight is 304 g/mol. The van der Waals surface area contributed by atoms with Crippen LogP contribution in [-0.2, 0) is 11.4 Å². The highest BCUT2D eigenvalue weighted by Gasteiger charge is 2.36. The summed E-state index contributed by atoms with van der Waals surface area (Å²) in [7, 11) is 0. The molecule has 0 saturated carbocycles. The zero-order chi connectivity index (χ0) is 15.8. The normalized spacial score (nSPS) is 13.7. The lowest BCUT2D eigenvalue weighted by molar-refractivity contribution is -0.101. The number of nitrogens with zero attached hydrogens (tertiary/aromatic N) is 2. The van der Waals surface area contributed by atoms with Crippen LogP contribution in [0.3, 0.4) is 0 Å². The van der Waals surface area contributed by atoms with E-state index in [1.54, 1.807) is 30.5 Å². The summed E-state index contributed by atoms with van der Waals surface area (Å²) < 4.78 is 0. The Morgan fingerprint density at radius 1 is 0.913 bits per heavy atom. The SMILES string of the molecule is O=C1c2ccccc2C(=O)N1OCc1cnc2ccccc2c1. The average Bonchev–Trinajstić information content (AvgIpc) is 2.84. The van der Waals surface area contributed by atoms with E-state index in [9.17, 15) is 9.59 Å². The molecule has 0 unspecified atom stereocenters. The molecular weight excluding hydrogens is 292 g/mol. The van der Waals surface area contributed by atoms with E-state index < -0.39 is 11.8 Å². The molecule has 2 aromatic carbocycles. The Morgan fingerprint density at radius 2 is 1.57 bits per heavy atom. The van der Waals surface area contributed by atoms with Crippen molar-refractivity contribution in [1.29, 1.82) is 0 Å². The lowest BCUT2D eigenvalue weighted by Gasteiger charge is -2.13. The second-order valence-electron chi connectivity index (χ2n) is 5.26. The molecule has 0 aliphatic carbocycles. The van der Waals surface area contributed by atoms with Gasteiger partial charge in [-0.15, -0.1) is 5.06 Å². The van der Waals surface area contributed by atoms with E-state index >= 15 is 0 Å². The number of fused-ring (bicyclic) bond motifs is 2. The van der Waals surface area contributed by atoms with Gasteiger partial charge in [-0.05, 0) is 29.8 Å². The van der Waals surface area contributed by atoms with E-state index in [1.807, 2.05) is 30.3 Å². The maximum atomic E-state index is 12.2. The fourth-order valence-corrected chi connectivity index (χ4v) is 2.62. The molecule has 0 radical (unpaired) electrons. The highest BCUT2D eigenvalue weighted by Crippen LogP contribution is 2.23. The minimum Gasteiger partial charge on any atom is -0.266 e. The lowest BCUT2D eigenvalue weighted by atomic mass is 10.1. The van der Waals surface area contributed by atoms with Gasteiger partial charge in [0.25, 0.3) is 11.8 Å². The van der Waals surface area contributed by atoms with E-state index in [0.29, 0.717) is 11.1 Å². The first kappa shape index (κ1) is 13.6. The number of carbonyl (C=O) groups excluding carboxylic acids is 2. The molecule has 2 amide bonds. The van der Waals surface area contributed by atoms with Gasteiger partial charge in [-0.2, -0.15) is 0 Å². The molecule has 4 rings (SSSR count). The molecule has 112 valence electrons. The van der Waals surface area contributed by atoms with Crippen molar-refractivity contribution in [3.8, 4) is 0 Å². The molecule has 5 heteroatoms. The first-order valence-corrected chi connectivity index (χ1v) is 7.18. The number of aromatic nitrogens is 1. The van der Waals surface area contributed by atoms with Gasteiger partial charge in [-0.25, -0.2) is 0 Å². The monoisotopic (exact) mass is 304 g/mol. The van der Waals surface area contributed by atoms with Crippen LogP contribution in [0, 0.1) is 0 Å². The topological polar surface area (TPSA) is 59.5 Å². The third-order valence-electron chi connectivity index (χ3n) is 3.76. The van der Waals surface area contributed by atoms with E-state index in [-0.39, 0.29) is 6.61 Å². The van der Waals surface area contributed by atoms with Crippen LogP contribution in [-0.4, -0.2) is 21.9 Å². The molecule has 1 aromatic heterocycles. The standard InChI is InChI=1S/C18H12N2O3/c21-17-14-6-2-3-7-15(14)18(22)20(17)23-11-12-9-13-5-1-4-8-16(13)19-10-12/h1-10H,11H2. The summed E-state index contributed by atoms with van der Waals surface area (Å²) in [5, 5.41) is 1.80. The van der Waals surface area contributed by atoms with Crippen LogP contribution in [0.5, 0.6) is 0 Å². The number of benzene rings is 2. The molecule has 0 atom stereocenters. The molecule has 2 heterocycles. The molecule has 1 aliphatic rings. The molecule has 0 bridgehead atoms. The van der Waals surface area contributed by atoms with Crippen LogP contribution in [0.2, 0.25) is 0 Å². The van der Waals surface area contributed by atoms with Gasteiger partial charge >= 0.3 is 0 Å². The van der Waals surface area contributed by atoms with Gasteiger partial charge in [0.2, 0.25) is 0 Å². The molecule has 0 saturated heterocycles. The van der Waals surface area contributed by atoms with Crippen molar-refractivity contribution in [1.82, 2.24) is 10.0 Å². The molecule has 0 spiro atoms. The number of hydroxylamine groups is 2. The summed E-state index contributed by atoms with van der Waals surface area (Å²) in [6.45, 7) is 0.100. The number of hydrogen-bond donors (Lipinski definition) is 0. The van der Waals surface area contributed by atoms with E-state index in [1.165, 1.54) is 0 Å². The summed E-state index contributed by atoms with van der Waals surface area (Å²) in [5.41, 5.74) is 2.42. The van der Waals surface area contributed by atoms with Gasteiger partial charge in [0.1, 0.15) is 6.61 Å². The van der Waals surface area contributed by atoms with Gasteiger partial charge in [-0.1, -0.05) is 30.3 Å². The number of pyridine rings is 1. The van der Waals surface area contributed by atoms with Gasteiger partial charge in [0, 0.05) is 11.6 Å². The van der Waals surface area contributed by atoms with Crippen molar-refractivity contribution < 1.29 is 14.4 Å². The number of para-hydroxylation sites is 1. The van der Waals surface area contributed by atoms with Crippen molar-refractivity contribution in [2.75, 3.05) is 0 Å². The van der Waals surface area contributed by atoms with Gasteiger partial charge in [-0.3, -0.25) is 19.4 Å².